The summed E-state index contributed by atoms with van der Waals surface area (Å²) in [6.07, 6.45) is -3.06. The Hall–Kier alpha value is -7.47. The third kappa shape index (κ3) is 13.0. The molecular weight excluding hydrogens is 981 g/mol. The van der Waals surface area contributed by atoms with Gasteiger partial charge in [0.1, 0.15) is 27.0 Å². The Kier molecular flexibility index (Phi) is 16.6. The van der Waals surface area contributed by atoms with Gasteiger partial charge in [-0.15, -0.1) is 10.2 Å². The van der Waals surface area contributed by atoms with E-state index < -0.39 is 71.0 Å². The van der Waals surface area contributed by atoms with Gasteiger partial charge in [-0.25, -0.2) is 31.1 Å². The monoisotopic (exact) mass is 1040 g/mol. The second-order valence-electron chi connectivity index (χ2n) is 19.3. The average Bonchev–Trinajstić information content (AvgIpc) is 3.80. The molecule has 23 heteroatoms. The van der Waals surface area contributed by atoms with Crippen LogP contribution in [0.5, 0.6) is 17.2 Å². The quantitative estimate of drug-likeness (QED) is 0.0394. The first kappa shape index (κ1) is 54.9. The second-order valence-corrected chi connectivity index (χ2v) is 22.9. The van der Waals surface area contributed by atoms with Crippen LogP contribution < -0.4 is 41.0 Å². The fraction of sp³-hybridized carbons (Fsp3) is 0.340. The van der Waals surface area contributed by atoms with Crippen LogP contribution in [0.1, 0.15) is 58.2 Å². The molecule has 0 saturated heterocycles. The number of anilines is 2. The average molecular weight is 1040 g/mol. The Morgan fingerprint density at radius 2 is 1.14 bits per heavy atom. The van der Waals surface area contributed by atoms with Gasteiger partial charge >= 0.3 is 12.2 Å². The van der Waals surface area contributed by atoms with Crippen molar-refractivity contribution in [2.24, 2.45) is 10.8 Å². The number of sulfonamides is 2. The highest BCUT2D eigenvalue weighted by molar-refractivity contribution is 7.92. The van der Waals surface area contributed by atoms with Gasteiger partial charge in [0.2, 0.25) is 25.9 Å². The maximum Gasteiger partial charge on any atom is 0.404 e. The summed E-state index contributed by atoms with van der Waals surface area (Å²) in [5.41, 5.74) is 12.6. The zero-order valence-corrected chi connectivity index (χ0v) is 43.6. The van der Waals surface area contributed by atoms with Crippen molar-refractivity contribution >= 4 is 43.6 Å². The minimum Gasteiger partial charge on any atom is -0.497 e. The highest BCUT2D eigenvalue weighted by Gasteiger charge is 2.47. The lowest BCUT2D eigenvalue weighted by atomic mass is 9.73. The van der Waals surface area contributed by atoms with Gasteiger partial charge in [0.25, 0.3) is 0 Å². The number of carboxylic acid groups (broad SMARTS) is 2. The van der Waals surface area contributed by atoms with Gasteiger partial charge in [0.15, 0.2) is 0 Å². The summed E-state index contributed by atoms with van der Waals surface area (Å²) in [5, 5.41) is 38.5. The smallest absolute Gasteiger partial charge is 0.404 e. The van der Waals surface area contributed by atoms with Crippen molar-refractivity contribution in [2.45, 2.75) is 89.1 Å². The molecule has 390 valence electrons. The normalized spacial score (nSPS) is 13.5. The molecule has 21 nitrogen and oxygen atoms in total. The summed E-state index contributed by atoms with van der Waals surface area (Å²) in [4.78, 5) is 24.6. The van der Waals surface area contributed by atoms with Crippen molar-refractivity contribution in [2.75, 3.05) is 32.8 Å². The fourth-order valence-electron chi connectivity index (χ4n) is 8.35. The van der Waals surface area contributed by atoms with Gasteiger partial charge in [0.05, 0.1) is 62.9 Å². The van der Waals surface area contributed by atoms with Gasteiger partial charge in [-0.05, 0) is 86.8 Å². The molecule has 0 aliphatic heterocycles. The van der Waals surface area contributed by atoms with Gasteiger partial charge in [-0.3, -0.25) is 0 Å². The third-order valence-electron chi connectivity index (χ3n) is 12.1. The standard InChI is InChI=1S/C50H62N10O11S2/c1-49(2,3)44(53-47(61)62)42(45(50(4,5)6)54-48(63)64)57-72(65,66)39-26-25-36(37-11-10-12-38(51)41(37)52)40(46-55-58-60(56-46)29-32-17-23-35(71-9)24-18-32)43(39)73(67,68)59(27-30-13-19-33(69-7)20-14-30)28-31-15-21-34(70-8)22-16-31/h10-26,42,44-45,53-54,57H,27-29,51-52H2,1-9H3,(H,61,62)(H,63,64). The topological polar surface area (TPSA) is 306 Å². The molecule has 5 aromatic carbocycles. The molecule has 73 heavy (non-hydrogen) atoms. The molecular formula is C50H62N10O11S2. The third-order valence-corrected chi connectivity index (χ3v) is 15.6. The van der Waals surface area contributed by atoms with Crippen LogP contribution in [0.4, 0.5) is 21.0 Å². The maximum atomic E-state index is 16.4. The van der Waals surface area contributed by atoms with Crippen LogP contribution >= 0.6 is 0 Å². The van der Waals surface area contributed by atoms with E-state index in [1.54, 1.807) is 133 Å². The molecule has 0 bridgehead atoms. The molecule has 1 heterocycles. The van der Waals surface area contributed by atoms with Crippen LogP contribution in [-0.2, 0) is 39.7 Å². The number of rotatable bonds is 20. The number of nitrogens with one attached hydrogen (secondary N) is 3. The van der Waals surface area contributed by atoms with Gasteiger partial charge < -0.3 is 46.5 Å². The van der Waals surface area contributed by atoms with Gasteiger partial charge in [-0.2, -0.15) is 9.10 Å². The lowest BCUT2D eigenvalue weighted by Gasteiger charge is -2.45. The van der Waals surface area contributed by atoms with Crippen LogP contribution in [0, 0.1) is 10.8 Å². The first-order valence-corrected chi connectivity index (χ1v) is 25.7. The molecule has 0 aliphatic rings. The molecule has 0 fully saturated rings. The summed E-state index contributed by atoms with van der Waals surface area (Å²) in [5.74, 6) is 1.26. The number of para-hydroxylation sites is 1. The van der Waals surface area contributed by atoms with Crippen molar-refractivity contribution in [3.05, 3.63) is 120 Å². The SMILES string of the molecule is COc1ccc(CN(Cc2ccc(OC)cc2)S(=O)(=O)c2c(S(=O)(=O)NC(C(NC(=O)O)C(C)(C)C)C(NC(=O)O)C(C)(C)C)ccc(-c3cccc(N)c3N)c2-c2nnn(Cc3ccc(OC)cc3)n2)cc1. The fourth-order valence-corrected chi connectivity index (χ4v) is 12.0. The highest BCUT2D eigenvalue weighted by atomic mass is 32.2. The first-order chi connectivity index (χ1) is 34.3. The van der Waals surface area contributed by atoms with Crippen LogP contribution in [-0.4, -0.2) is 103 Å². The number of carbonyl (C=O) groups is 2. The molecule has 6 aromatic rings. The Labute approximate surface area is 424 Å². The van der Waals surface area contributed by atoms with E-state index in [-0.39, 0.29) is 53.5 Å². The van der Waals surface area contributed by atoms with Crippen molar-refractivity contribution in [3.8, 4) is 39.8 Å². The molecule has 2 unspecified atom stereocenters. The Morgan fingerprint density at radius 3 is 1.58 bits per heavy atom. The van der Waals surface area contributed by atoms with Gasteiger partial charge in [0, 0.05) is 18.7 Å². The van der Waals surface area contributed by atoms with E-state index in [9.17, 15) is 19.8 Å². The summed E-state index contributed by atoms with van der Waals surface area (Å²) in [6, 6.07) is 23.1. The van der Waals surface area contributed by atoms with Crippen molar-refractivity contribution < 1.29 is 50.8 Å². The summed E-state index contributed by atoms with van der Waals surface area (Å²) in [6.45, 7) is 9.26. The number of hydrogen-bond donors (Lipinski definition) is 7. The largest absolute Gasteiger partial charge is 0.497 e. The van der Waals surface area contributed by atoms with E-state index in [2.05, 4.69) is 30.8 Å². The molecule has 0 radical (unpaired) electrons. The second kappa shape index (κ2) is 22.1. The number of ether oxygens (including phenoxy) is 3. The molecule has 6 rings (SSSR count). The Morgan fingerprint density at radius 1 is 0.671 bits per heavy atom. The predicted molar refractivity (Wildman–Crippen MR) is 275 cm³/mol. The number of hydrogen-bond acceptors (Lipinski definition) is 14. The van der Waals surface area contributed by atoms with Crippen LogP contribution in [0.25, 0.3) is 22.5 Å². The molecule has 1 aromatic heterocycles. The summed E-state index contributed by atoms with van der Waals surface area (Å²) < 4.78 is 84.1. The van der Waals surface area contributed by atoms with E-state index in [1.807, 2.05) is 0 Å². The molecule has 0 spiro atoms. The van der Waals surface area contributed by atoms with Crippen molar-refractivity contribution in [1.82, 2.24) is 39.9 Å². The van der Waals surface area contributed by atoms with E-state index >= 15 is 16.8 Å². The number of tetrazole rings is 1. The zero-order chi connectivity index (χ0) is 53.6. The first-order valence-electron chi connectivity index (χ1n) is 22.8. The lowest BCUT2D eigenvalue weighted by molar-refractivity contribution is 0.121. The number of aromatic nitrogens is 4. The van der Waals surface area contributed by atoms with E-state index in [0.29, 0.717) is 33.9 Å². The van der Waals surface area contributed by atoms with Crippen LogP contribution in [0.15, 0.2) is 113 Å². The van der Waals surface area contributed by atoms with Crippen molar-refractivity contribution in [1.29, 1.82) is 0 Å². The number of amides is 2. The van der Waals surface area contributed by atoms with Gasteiger partial charge in [-0.1, -0.05) is 96.1 Å². The van der Waals surface area contributed by atoms with Crippen molar-refractivity contribution in [3.63, 3.8) is 0 Å². The minimum atomic E-state index is -5.25. The molecule has 2 atom stereocenters. The lowest BCUT2D eigenvalue weighted by Crippen LogP contribution is -2.67. The van der Waals surface area contributed by atoms with E-state index in [1.165, 1.54) is 32.2 Å². The van der Waals surface area contributed by atoms with Crippen LogP contribution in [0.3, 0.4) is 0 Å². The van der Waals surface area contributed by atoms with E-state index in [4.69, 9.17) is 25.7 Å². The molecule has 2 amide bonds. The number of benzene rings is 5. The molecule has 0 aliphatic carbocycles. The Balaban J connectivity index is 1.73. The number of methoxy groups -OCH3 is 3. The molecule has 9 N–H and O–H groups in total. The van der Waals surface area contributed by atoms with E-state index in [0.717, 1.165) is 10.4 Å². The molecule has 0 saturated carbocycles. The maximum absolute atomic E-state index is 16.4. The number of nitrogens with zero attached hydrogens (tertiary/aromatic N) is 5. The number of nitrogen functional groups attached to an aromatic ring is 2. The summed E-state index contributed by atoms with van der Waals surface area (Å²) in [7, 11) is -5.92. The zero-order valence-electron chi connectivity index (χ0n) is 41.9. The number of nitrogens with two attached hydrogens (primary N) is 2. The summed E-state index contributed by atoms with van der Waals surface area (Å²) >= 11 is 0. The van der Waals surface area contributed by atoms with Crippen LogP contribution in [0.2, 0.25) is 0 Å². The highest BCUT2D eigenvalue weighted by Crippen LogP contribution is 2.44. The minimum absolute atomic E-state index is 0.0281. The Bertz CT molecular complexity index is 3060. The predicted octanol–water partition coefficient (Wildman–Crippen LogP) is 6.65.